The molecule has 1 aromatic carbocycles. The highest BCUT2D eigenvalue weighted by atomic mass is 32.1. The van der Waals surface area contributed by atoms with E-state index in [4.69, 9.17) is 4.98 Å². The first kappa shape index (κ1) is 13.8. The third-order valence-corrected chi connectivity index (χ3v) is 5.14. The van der Waals surface area contributed by atoms with Crippen molar-refractivity contribution in [2.75, 3.05) is 0 Å². The van der Waals surface area contributed by atoms with E-state index in [1.807, 2.05) is 0 Å². The Hall–Kier alpha value is -1.19. The summed E-state index contributed by atoms with van der Waals surface area (Å²) in [4.78, 5) is 5.86. The maximum atomic E-state index is 10.3. The van der Waals surface area contributed by atoms with Crippen LogP contribution in [-0.4, -0.2) is 10.1 Å². The van der Waals surface area contributed by atoms with Gasteiger partial charge in [-0.1, -0.05) is 43.7 Å². The lowest BCUT2D eigenvalue weighted by Gasteiger charge is -2.31. The maximum absolute atomic E-state index is 10.3. The van der Waals surface area contributed by atoms with E-state index in [1.165, 1.54) is 11.1 Å². The molecule has 0 saturated heterocycles. The number of aryl methyl sites for hydroxylation is 1. The molecule has 3 heteroatoms. The normalized spacial score (nSPS) is 20.7. The Morgan fingerprint density at radius 1 is 1.30 bits per heavy atom. The van der Waals surface area contributed by atoms with Gasteiger partial charge in [0.15, 0.2) is 0 Å². The first-order chi connectivity index (χ1) is 9.43. The Labute approximate surface area is 124 Å². The Morgan fingerprint density at radius 3 is 2.70 bits per heavy atom. The van der Waals surface area contributed by atoms with Crippen LogP contribution in [0, 0.1) is 12.3 Å². The number of hydrogen-bond acceptors (Lipinski definition) is 3. The molecule has 0 spiro atoms. The number of thiazole rings is 1. The van der Waals surface area contributed by atoms with Gasteiger partial charge in [-0.05, 0) is 30.7 Å². The van der Waals surface area contributed by atoms with Crippen LogP contribution in [0.25, 0.3) is 0 Å². The third-order valence-electron chi connectivity index (χ3n) is 3.94. The average Bonchev–Trinajstić information content (AvgIpc) is 2.73. The Kier molecular flexibility index (Phi) is 3.43. The van der Waals surface area contributed by atoms with Gasteiger partial charge in [-0.2, -0.15) is 0 Å². The zero-order chi connectivity index (χ0) is 14.3. The number of rotatable bonds is 2. The highest BCUT2D eigenvalue weighted by molar-refractivity contribution is 7.11. The van der Waals surface area contributed by atoms with Gasteiger partial charge >= 0.3 is 0 Å². The molecule has 1 heterocycles. The largest absolute Gasteiger partial charge is 0.387 e. The minimum atomic E-state index is -0.335. The number of hydrogen-bond donors (Lipinski definition) is 1. The van der Waals surface area contributed by atoms with Crippen molar-refractivity contribution in [3.05, 3.63) is 51.0 Å². The zero-order valence-corrected chi connectivity index (χ0v) is 13.1. The monoisotopic (exact) mass is 287 g/mol. The van der Waals surface area contributed by atoms with Gasteiger partial charge in [0.05, 0.1) is 21.7 Å². The number of aromatic nitrogens is 1. The van der Waals surface area contributed by atoms with Crippen LogP contribution in [0.2, 0.25) is 0 Å². The highest BCUT2D eigenvalue weighted by Crippen LogP contribution is 2.43. The highest BCUT2D eigenvalue weighted by Gasteiger charge is 2.33. The third kappa shape index (κ3) is 2.79. The number of benzene rings is 1. The molecule has 2 aromatic rings. The fraction of sp³-hybridized carbons (Fsp3) is 0.471. The van der Waals surface area contributed by atoms with E-state index in [0.717, 1.165) is 34.8 Å². The minimum absolute atomic E-state index is 0.154. The number of aliphatic hydroxyl groups is 1. The Balaban J connectivity index is 1.85. The Bertz CT molecular complexity index is 612. The molecular formula is C17H21NOS. The minimum Gasteiger partial charge on any atom is -0.387 e. The van der Waals surface area contributed by atoms with Crippen molar-refractivity contribution in [3.63, 3.8) is 0 Å². The second-order valence-corrected chi connectivity index (χ2v) is 7.76. The van der Waals surface area contributed by atoms with Crippen molar-refractivity contribution in [2.24, 2.45) is 5.41 Å². The van der Waals surface area contributed by atoms with Crippen LogP contribution in [0.5, 0.6) is 0 Å². The van der Waals surface area contributed by atoms with Crippen molar-refractivity contribution >= 4 is 11.3 Å². The summed E-state index contributed by atoms with van der Waals surface area (Å²) in [7, 11) is 0. The molecule has 0 saturated carbocycles. The van der Waals surface area contributed by atoms with Crippen molar-refractivity contribution in [1.29, 1.82) is 0 Å². The van der Waals surface area contributed by atoms with Gasteiger partial charge in [-0.25, -0.2) is 4.98 Å². The quantitative estimate of drug-likeness (QED) is 0.904. The molecule has 1 unspecified atom stereocenters. The van der Waals surface area contributed by atoms with E-state index >= 15 is 0 Å². The number of nitrogens with zero attached hydrogens (tertiary/aromatic N) is 1. The smallest absolute Gasteiger partial charge is 0.0975 e. The van der Waals surface area contributed by atoms with E-state index in [-0.39, 0.29) is 11.5 Å². The molecule has 3 rings (SSSR count). The summed E-state index contributed by atoms with van der Waals surface area (Å²) in [5.74, 6) is 0. The molecule has 2 nitrogen and oxygen atoms in total. The van der Waals surface area contributed by atoms with E-state index in [0.29, 0.717) is 0 Å². The van der Waals surface area contributed by atoms with Gasteiger partial charge in [0, 0.05) is 6.42 Å². The summed E-state index contributed by atoms with van der Waals surface area (Å²) in [5.41, 5.74) is 3.84. The first-order valence-electron chi connectivity index (χ1n) is 7.15. The second kappa shape index (κ2) is 4.97. The summed E-state index contributed by atoms with van der Waals surface area (Å²) < 4.78 is 0. The molecule has 0 bridgehead atoms. The van der Waals surface area contributed by atoms with E-state index in [1.54, 1.807) is 11.3 Å². The maximum Gasteiger partial charge on any atom is 0.0975 e. The molecule has 1 aliphatic carbocycles. The lowest BCUT2D eigenvalue weighted by atomic mass is 9.77. The molecule has 0 aliphatic heterocycles. The van der Waals surface area contributed by atoms with Gasteiger partial charge in [-0.15, -0.1) is 11.3 Å². The summed E-state index contributed by atoms with van der Waals surface area (Å²) >= 11 is 1.68. The van der Waals surface area contributed by atoms with Crippen molar-refractivity contribution in [2.45, 2.75) is 46.1 Å². The van der Waals surface area contributed by atoms with Crippen molar-refractivity contribution in [3.8, 4) is 0 Å². The van der Waals surface area contributed by atoms with Gasteiger partial charge in [0.2, 0.25) is 0 Å². The molecule has 1 N–H and O–H groups in total. The lowest BCUT2D eigenvalue weighted by Crippen LogP contribution is -2.24. The second-order valence-electron chi connectivity index (χ2n) is 6.64. The van der Waals surface area contributed by atoms with Crippen LogP contribution in [0.15, 0.2) is 24.3 Å². The standard InChI is InChI=1S/C17H21NOS/c1-11-4-6-12(7-5-11)8-15-18-13-9-17(2,3)10-14(19)16(13)20-15/h4-7,14,19H,8-10H2,1-3H3. The molecule has 0 amide bonds. The number of aliphatic hydroxyl groups excluding tert-OH is 1. The van der Waals surface area contributed by atoms with Crippen LogP contribution in [0.1, 0.15) is 53.1 Å². The predicted molar refractivity (Wildman–Crippen MR) is 83.2 cm³/mol. The molecule has 106 valence electrons. The van der Waals surface area contributed by atoms with Gasteiger partial charge in [0.1, 0.15) is 0 Å². The lowest BCUT2D eigenvalue weighted by molar-refractivity contribution is 0.102. The summed E-state index contributed by atoms with van der Waals surface area (Å²) in [6, 6.07) is 8.60. The zero-order valence-electron chi connectivity index (χ0n) is 12.3. The van der Waals surface area contributed by atoms with E-state index in [2.05, 4.69) is 45.0 Å². The van der Waals surface area contributed by atoms with E-state index in [9.17, 15) is 5.11 Å². The van der Waals surface area contributed by atoms with Gasteiger partial charge in [-0.3, -0.25) is 0 Å². The summed E-state index contributed by atoms with van der Waals surface area (Å²) in [6.07, 6.45) is 2.35. The van der Waals surface area contributed by atoms with Gasteiger partial charge in [0.25, 0.3) is 0 Å². The van der Waals surface area contributed by atoms with Crippen molar-refractivity contribution < 1.29 is 5.11 Å². The van der Waals surface area contributed by atoms with E-state index < -0.39 is 0 Å². The van der Waals surface area contributed by atoms with Crippen LogP contribution >= 0.6 is 11.3 Å². The van der Waals surface area contributed by atoms with Crippen LogP contribution in [0.3, 0.4) is 0 Å². The molecule has 1 aromatic heterocycles. The fourth-order valence-electron chi connectivity index (χ4n) is 2.90. The van der Waals surface area contributed by atoms with Crippen LogP contribution in [-0.2, 0) is 12.8 Å². The van der Waals surface area contributed by atoms with Crippen LogP contribution < -0.4 is 0 Å². The average molecular weight is 287 g/mol. The fourth-order valence-corrected chi connectivity index (χ4v) is 4.00. The molecule has 1 aliphatic rings. The molecule has 20 heavy (non-hydrogen) atoms. The molecular weight excluding hydrogens is 266 g/mol. The Morgan fingerprint density at radius 2 is 2.00 bits per heavy atom. The van der Waals surface area contributed by atoms with Crippen LogP contribution in [0.4, 0.5) is 0 Å². The van der Waals surface area contributed by atoms with Gasteiger partial charge < -0.3 is 5.11 Å². The predicted octanol–water partition coefficient (Wildman–Crippen LogP) is 4.05. The first-order valence-corrected chi connectivity index (χ1v) is 7.97. The molecule has 0 radical (unpaired) electrons. The summed E-state index contributed by atoms with van der Waals surface area (Å²) in [6.45, 7) is 6.51. The SMILES string of the molecule is Cc1ccc(Cc2nc3c(s2)C(O)CC(C)(C)C3)cc1. The molecule has 1 atom stereocenters. The van der Waals surface area contributed by atoms with Crippen molar-refractivity contribution in [1.82, 2.24) is 4.98 Å². The molecule has 0 fully saturated rings. The summed E-state index contributed by atoms with van der Waals surface area (Å²) in [5, 5.41) is 11.4. The topological polar surface area (TPSA) is 33.1 Å². The number of fused-ring (bicyclic) bond motifs is 1.